The number of carbonyl (C=O) groups excluding carboxylic acids is 2. The number of anilines is 1. The van der Waals surface area contributed by atoms with Gasteiger partial charge in [-0.15, -0.1) is 0 Å². The molecule has 0 saturated carbocycles. The topological polar surface area (TPSA) is 100 Å². The Morgan fingerprint density at radius 3 is 2.45 bits per heavy atom. The van der Waals surface area contributed by atoms with Crippen molar-refractivity contribution in [1.29, 1.82) is 0 Å². The fourth-order valence-corrected chi connectivity index (χ4v) is 3.95. The number of phenolic OH excluding ortho intramolecular Hbond substituents is 1. The summed E-state index contributed by atoms with van der Waals surface area (Å²) in [4.78, 5) is 27.9. The molecule has 7 nitrogen and oxygen atoms in total. The highest BCUT2D eigenvalue weighted by molar-refractivity contribution is 6.20. The molecule has 7 heteroatoms. The highest BCUT2D eigenvalue weighted by Gasteiger charge is 2.45. The molecule has 1 aromatic heterocycles. The zero-order chi connectivity index (χ0) is 23.7. The number of Topliss-reactive ketones (excluding diaryl/α,β-unsaturated/α-hetero) is 1. The minimum Gasteiger partial charge on any atom is -0.504 e. The molecule has 0 aliphatic carbocycles. The molecule has 4 rings (SSSR count). The highest BCUT2D eigenvalue weighted by Crippen LogP contribution is 2.44. The Bertz CT molecular complexity index is 1210. The predicted octanol–water partition coefficient (Wildman–Crippen LogP) is 5.29. The fraction of sp³-hybridized carbons (Fsp3) is 0.231. The van der Waals surface area contributed by atoms with Crippen molar-refractivity contribution in [3.05, 3.63) is 89.1 Å². The number of nitrogens with zero attached hydrogens (tertiary/aromatic N) is 1. The number of phenols is 1. The lowest BCUT2D eigenvalue weighted by atomic mass is 9.94. The Kier molecular flexibility index (Phi) is 5.96. The molecule has 1 aliphatic heterocycles. The van der Waals surface area contributed by atoms with E-state index in [1.807, 2.05) is 12.1 Å². The van der Waals surface area contributed by atoms with Crippen LogP contribution in [0.4, 0.5) is 5.69 Å². The van der Waals surface area contributed by atoms with E-state index in [1.54, 1.807) is 37.3 Å². The molecule has 0 spiro atoms. The maximum atomic E-state index is 13.3. The normalized spacial score (nSPS) is 16.1. The quantitative estimate of drug-likeness (QED) is 0.477. The van der Waals surface area contributed by atoms with Crippen molar-refractivity contribution in [1.82, 2.24) is 0 Å². The first-order valence-electron chi connectivity index (χ1n) is 10.7. The number of ether oxygens (including phenoxy) is 1. The van der Waals surface area contributed by atoms with Crippen molar-refractivity contribution in [3.63, 3.8) is 0 Å². The summed E-state index contributed by atoms with van der Waals surface area (Å²) < 4.78 is 10.8. The zero-order valence-corrected chi connectivity index (χ0v) is 18.6. The van der Waals surface area contributed by atoms with Gasteiger partial charge in [-0.3, -0.25) is 14.5 Å². The van der Waals surface area contributed by atoms with Crippen molar-refractivity contribution in [2.75, 3.05) is 11.5 Å². The van der Waals surface area contributed by atoms with Crippen LogP contribution in [-0.2, 0) is 4.79 Å². The third kappa shape index (κ3) is 3.98. The third-order valence-corrected chi connectivity index (χ3v) is 5.64. The van der Waals surface area contributed by atoms with Crippen LogP contribution in [0.25, 0.3) is 0 Å². The van der Waals surface area contributed by atoms with Crippen LogP contribution in [0.2, 0.25) is 0 Å². The summed E-state index contributed by atoms with van der Waals surface area (Å²) in [6.07, 6.45) is 1.35. The Labute approximate surface area is 191 Å². The van der Waals surface area contributed by atoms with Gasteiger partial charge in [0.2, 0.25) is 5.78 Å². The van der Waals surface area contributed by atoms with Gasteiger partial charge in [-0.05, 0) is 60.4 Å². The molecule has 1 atom stereocenters. The van der Waals surface area contributed by atoms with Gasteiger partial charge >= 0.3 is 0 Å². The van der Waals surface area contributed by atoms with Crippen LogP contribution in [0, 0.1) is 0 Å². The highest BCUT2D eigenvalue weighted by atomic mass is 16.5. The lowest BCUT2D eigenvalue weighted by Crippen LogP contribution is -2.31. The van der Waals surface area contributed by atoms with E-state index < -0.39 is 23.5 Å². The molecule has 1 unspecified atom stereocenters. The number of rotatable bonds is 7. The molecule has 0 saturated heterocycles. The van der Waals surface area contributed by atoms with E-state index in [9.17, 15) is 19.8 Å². The molecule has 33 heavy (non-hydrogen) atoms. The Morgan fingerprint density at radius 1 is 1.12 bits per heavy atom. The molecule has 2 aromatic carbocycles. The van der Waals surface area contributed by atoms with E-state index in [2.05, 4.69) is 13.8 Å². The van der Waals surface area contributed by atoms with Crippen LogP contribution in [0.5, 0.6) is 11.5 Å². The SMILES string of the molecule is CCOc1cc(C2C(C(=O)c3ccco3)=C(O)C(=O)N2c2ccc(C(C)C)cc2)ccc1O. The number of furan rings is 1. The summed E-state index contributed by atoms with van der Waals surface area (Å²) in [5, 5.41) is 21.0. The van der Waals surface area contributed by atoms with E-state index >= 15 is 0 Å². The van der Waals surface area contributed by atoms with Gasteiger partial charge in [0.25, 0.3) is 5.91 Å². The smallest absolute Gasteiger partial charge is 0.294 e. The van der Waals surface area contributed by atoms with Gasteiger partial charge in [-0.1, -0.05) is 32.0 Å². The van der Waals surface area contributed by atoms with Crippen LogP contribution >= 0.6 is 0 Å². The van der Waals surface area contributed by atoms with E-state index in [1.165, 1.54) is 23.3 Å². The maximum Gasteiger partial charge on any atom is 0.294 e. The molecule has 0 fully saturated rings. The van der Waals surface area contributed by atoms with Crippen LogP contribution in [0.3, 0.4) is 0 Å². The lowest BCUT2D eigenvalue weighted by molar-refractivity contribution is -0.117. The second-order valence-electron chi connectivity index (χ2n) is 8.05. The van der Waals surface area contributed by atoms with Gasteiger partial charge in [-0.2, -0.15) is 0 Å². The van der Waals surface area contributed by atoms with Gasteiger partial charge in [0.1, 0.15) is 0 Å². The first kappa shape index (κ1) is 22.2. The minimum atomic E-state index is -0.945. The van der Waals surface area contributed by atoms with E-state index in [4.69, 9.17) is 9.15 Å². The Morgan fingerprint density at radius 2 is 1.85 bits per heavy atom. The summed E-state index contributed by atoms with van der Waals surface area (Å²) in [5.41, 5.74) is 2.01. The Balaban J connectivity index is 1.87. The van der Waals surface area contributed by atoms with Crippen LogP contribution < -0.4 is 9.64 Å². The molecular formula is C26H25NO6. The number of aliphatic hydroxyl groups is 1. The van der Waals surface area contributed by atoms with E-state index in [0.29, 0.717) is 23.8 Å². The lowest BCUT2D eigenvalue weighted by Gasteiger charge is -2.27. The van der Waals surface area contributed by atoms with Crippen molar-refractivity contribution in [3.8, 4) is 11.5 Å². The van der Waals surface area contributed by atoms with Crippen molar-refractivity contribution >= 4 is 17.4 Å². The summed E-state index contributed by atoms with van der Waals surface area (Å²) in [6, 6.07) is 14.1. The Hall–Kier alpha value is -4.00. The monoisotopic (exact) mass is 447 g/mol. The average Bonchev–Trinajstić information content (AvgIpc) is 3.43. The largest absolute Gasteiger partial charge is 0.504 e. The number of aromatic hydroxyl groups is 1. The molecule has 3 aromatic rings. The van der Waals surface area contributed by atoms with Crippen LogP contribution in [0.1, 0.15) is 54.4 Å². The van der Waals surface area contributed by atoms with Gasteiger partial charge in [0, 0.05) is 5.69 Å². The second kappa shape index (κ2) is 8.86. The van der Waals surface area contributed by atoms with Gasteiger partial charge in [0.15, 0.2) is 23.0 Å². The first-order chi connectivity index (χ1) is 15.8. The molecule has 0 radical (unpaired) electrons. The van der Waals surface area contributed by atoms with Crippen molar-refractivity contribution in [2.24, 2.45) is 0 Å². The summed E-state index contributed by atoms with van der Waals surface area (Å²) in [7, 11) is 0. The third-order valence-electron chi connectivity index (χ3n) is 5.64. The number of amides is 1. The molecule has 2 N–H and O–H groups in total. The van der Waals surface area contributed by atoms with Gasteiger partial charge in [-0.25, -0.2) is 0 Å². The van der Waals surface area contributed by atoms with E-state index in [0.717, 1.165) is 5.56 Å². The minimum absolute atomic E-state index is 0.00941. The standard InChI is InChI=1S/C26H25NO6/c1-4-32-21-14-17(9-12-19(21)28)23-22(24(29)20-6-5-13-33-20)25(30)26(31)27(23)18-10-7-16(8-11-18)15(2)3/h5-15,23,28,30H,4H2,1-3H3. The second-order valence-corrected chi connectivity index (χ2v) is 8.05. The number of hydrogen-bond donors (Lipinski definition) is 2. The first-order valence-corrected chi connectivity index (χ1v) is 10.7. The van der Waals surface area contributed by atoms with Gasteiger partial charge < -0.3 is 19.4 Å². The molecule has 1 amide bonds. The summed E-state index contributed by atoms with van der Waals surface area (Å²) in [5.74, 6) is -1.46. The summed E-state index contributed by atoms with van der Waals surface area (Å²) in [6.45, 7) is 6.24. The maximum absolute atomic E-state index is 13.3. The summed E-state index contributed by atoms with van der Waals surface area (Å²) >= 11 is 0. The van der Waals surface area contributed by atoms with Crippen molar-refractivity contribution < 1.29 is 29.0 Å². The van der Waals surface area contributed by atoms with Crippen molar-refractivity contribution in [2.45, 2.75) is 32.7 Å². The predicted molar refractivity (Wildman–Crippen MR) is 123 cm³/mol. The molecule has 1 aliphatic rings. The number of carbonyl (C=O) groups is 2. The molecule has 170 valence electrons. The number of ketones is 1. The average molecular weight is 447 g/mol. The van der Waals surface area contributed by atoms with Crippen LogP contribution in [-0.4, -0.2) is 28.5 Å². The molecule has 0 bridgehead atoms. The fourth-order valence-electron chi connectivity index (χ4n) is 3.95. The van der Waals surface area contributed by atoms with Crippen LogP contribution in [0.15, 0.2) is 76.6 Å². The zero-order valence-electron chi connectivity index (χ0n) is 18.6. The van der Waals surface area contributed by atoms with E-state index in [-0.39, 0.29) is 22.8 Å². The number of hydrogen-bond acceptors (Lipinski definition) is 6. The number of benzene rings is 2. The van der Waals surface area contributed by atoms with Gasteiger partial charge in [0.05, 0.1) is 24.5 Å². The molecule has 2 heterocycles. The molecular weight excluding hydrogens is 422 g/mol. The number of aliphatic hydroxyl groups excluding tert-OH is 1.